The van der Waals surface area contributed by atoms with Crippen molar-refractivity contribution in [3.8, 4) is 0 Å². The van der Waals surface area contributed by atoms with Crippen molar-refractivity contribution in [3.05, 3.63) is 0 Å². The third-order valence-electron chi connectivity index (χ3n) is 5.28. The second-order valence-corrected chi connectivity index (χ2v) is 10.3. The molecule has 1 atom stereocenters. The fourth-order valence-corrected chi connectivity index (χ4v) is 3.84. The maximum Gasteiger partial charge on any atom is 0.410 e. The molecule has 8 nitrogen and oxygen atoms in total. The Labute approximate surface area is 180 Å². The van der Waals surface area contributed by atoms with Crippen molar-refractivity contribution < 1.29 is 23.9 Å². The Morgan fingerprint density at radius 3 is 2.03 bits per heavy atom. The lowest BCUT2D eigenvalue weighted by Crippen LogP contribution is -2.55. The molecule has 30 heavy (non-hydrogen) atoms. The SMILES string of the molecule is CC(C)(C)OC(=O)NCC1CCN(C(=O)C2CCCCN2C(=O)OC(C)(C)C)CC1. The van der Waals surface area contributed by atoms with E-state index in [0.717, 1.165) is 25.7 Å². The Hall–Kier alpha value is -1.99. The van der Waals surface area contributed by atoms with Gasteiger partial charge in [-0.3, -0.25) is 9.69 Å². The Bertz CT molecular complexity index is 615. The highest BCUT2D eigenvalue weighted by atomic mass is 16.6. The van der Waals surface area contributed by atoms with Crippen molar-refractivity contribution in [2.75, 3.05) is 26.2 Å². The molecule has 0 aromatic heterocycles. The molecule has 0 aliphatic carbocycles. The summed E-state index contributed by atoms with van der Waals surface area (Å²) in [6.45, 7) is 13.4. The van der Waals surface area contributed by atoms with E-state index in [4.69, 9.17) is 9.47 Å². The van der Waals surface area contributed by atoms with Gasteiger partial charge in [0.25, 0.3) is 0 Å². The molecule has 2 heterocycles. The van der Waals surface area contributed by atoms with Gasteiger partial charge >= 0.3 is 12.2 Å². The molecule has 2 rings (SSSR count). The van der Waals surface area contributed by atoms with Gasteiger partial charge in [-0.1, -0.05) is 0 Å². The number of likely N-dealkylation sites (tertiary alicyclic amines) is 2. The standard InChI is InChI=1S/C22H39N3O5/c1-21(2,3)29-19(27)23-15-16-10-13-24(14-11-16)18(26)17-9-7-8-12-25(17)20(28)30-22(4,5)6/h16-17H,7-15H2,1-6H3,(H,23,27). The largest absolute Gasteiger partial charge is 0.444 e. The van der Waals surface area contributed by atoms with Crippen LogP contribution < -0.4 is 5.32 Å². The van der Waals surface area contributed by atoms with E-state index in [2.05, 4.69) is 5.32 Å². The van der Waals surface area contributed by atoms with Gasteiger partial charge in [0.05, 0.1) is 0 Å². The molecule has 1 unspecified atom stereocenters. The number of alkyl carbamates (subject to hydrolysis) is 1. The van der Waals surface area contributed by atoms with Crippen LogP contribution in [0.5, 0.6) is 0 Å². The molecular weight excluding hydrogens is 386 g/mol. The van der Waals surface area contributed by atoms with Crippen LogP contribution in [0.1, 0.15) is 73.6 Å². The third-order valence-corrected chi connectivity index (χ3v) is 5.28. The van der Waals surface area contributed by atoms with Crippen molar-refractivity contribution in [3.63, 3.8) is 0 Å². The number of rotatable bonds is 3. The summed E-state index contributed by atoms with van der Waals surface area (Å²) in [6.07, 6.45) is 3.33. The van der Waals surface area contributed by atoms with Gasteiger partial charge in [-0.2, -0.15) is 0 Å². The fourth-order valence-electron chi connectivity index (χ4n) is 3.84. The maximum absolute atomic E-state index is 13.1. The van der Waals surface area contributed by atoms with Crippen LogP contribution in [-0.2, 0) is 14.3 Å². The summed E-state index contributed by atoms with van der Waals surface area (Å²) in [4.78, 5) is 41.0. The summed E-state index contributed by atoms with van der Waals surface area (Å²) >= 11 is 0. The molecule has 8 heteroatoms. The van der Waals surface area contributed by atoms with Crippen LogP contribution in [0.15, 0.2) is 0 Å². The normalized spacial score (nSPS) is 21.2. The van der Waals surface area contributed by atoms with Crippen molar-refractivity contribution >= 4 is 18.1 Å². The van der Waals surface area contributed by atoms with Crippen LogP contribution >= 0.6 is 0 Å². The average Bonchev–Trinajstić information content (AvgIpc) is 2.63. The molecule has 0 radical (unpaired) electrons. The van der Waals surface area contributed by atoms with E-state index in [0.29, 0.717) is 38.5 Å². The minimum Gasteiger partial charge on any atom is -0.444 e. The van der Waals surface area contributed by atoms with Crippen LogP contribution in [0.3, 0.4) is 0 Å². The lowest BCUT2D eigenvalue weighted by Gasteiger charge is -2.40. The van der Waals surface area contributed by atoms with E-state index >= 15 is 0 Å². The molecule has 2 saturated heterocycles. The Balaban J connectivity index is 1.84. The van der Waals surface area contributed by atoms with E-state index < -0.39 is 29.4 Å². The maximum atomic E-state index is 13.1. The van der Waals surface area contributed by atoms with Gasteiger partial charge < -0.3 is 19.7 Å². The van der Waals surface area contributed by atoms with Crippen LogP contribution in [0.25, 0.3) is 0 Å². The highest BCUT2D eigenvalue weighted by molar-refractivity contribution is 5.86. The van der Waals surface area contributed by atoms with Crippen LogP contribution in [0.4, 0.5) is 9.59 Å². The lowest BCUT2D eigenvalue weighted by atomic mass is 9.95. The number of hydrogen-bond acceptors (Lipinski definition) is 5. The molecule has 0 aromatic carbocycles. The van der Waals surface area contributed by atoms with Gasteiger partial charge in [0, 0.05) is 26.2 Å². The van der Waals surface area contributed by atoms with Gasteiger partial charge in [0.1, 0.15) is 17.2 Å². The van der Waals surface area contributed by atoms with Gasteiger partial charge in [-0.25, -0.2) is 9.59 Å². The number of piperidine rings is 2. The topological polar surface area (TPSA) is 88.2 Å². The average molecular weight is 426 g/mol. The first-order valence-electron chi connectivity index (χ1n) is 11.1. The zero-order valence-electron chi connectivity index (χ0n) is 19.5. The predicted molar refractivity (Wildman–Crippen MR) is 114 cm³/mol. The summed E-state index contributed by atoms with van der Waals surface area (Å²) < 4.78 is 10.8. The summed E-state index contributed by atoms with van der Waals surface area (Å²) in [5.41, 5.74) is -1.10. The van der Waals surface area contributed by atoms with E-state index in [9.17, 15) is 14.4 Å². The first-order chi connectivity index (χ1) is 13.9. The van der Waals surface area contributed by atoms with E-state index in [1.807, 2.05) is 46.4 Å². The van der Waals surface area contributed by atoms with Crippen molar-refractivity contribution in [1.29, 1.82) is 0 Å². The highest BCUT2D eigenvalue weighted by Gasteiger charge is 2.37. The molecule has 172 valence electrons. The molecule has 1 N–H and O–H groups in total. The molecule has 2 fully saturated rings. The van der Waals surface area contributed by atoms with Crippen LogP contribution in [0.2, 0.25) is 0 Å². The second kappa shape index (κ2) is 9.88. The molecule has 0 saturated carbocycles. The zero-order valence-corrected chi connectivity index (χ0v) is 19.5. The van der Waals surface area contributed by atoms with Crippen molar-refractivity contribution in [2.24, 2.45) is 5.92 Å². The fraction of sp³-hybridized carbons (Fsp3) is 0.864. The quantitative estimate of drug-likeness (QED) is 0.747. The van der Waals surface area contributed by atoms with Gasteiger partial charge in [-0.15, -0.1) is 0 Å². The smallest absolute Gasteiger partial charge is 0.410 e. The molecule has 2 aliphatic rings. The van der Waals surface area contributed by atoms with Crippen LogP contribution in [0, 0.1) is 5.92 Å². The van der Waals surface area contributed by atoms with E-state index in [1.54, 1.807) is 4.90 Å². The highest BCUT2D eigenvalue weighted by Crippen LogP contribution is 2.24. The first kappa shape index (κ1) is 24.3. The summed E-state index contributed by atoms with van der Waals surface area (Å²) in [7, 11) is 0. The van der Waals surface area contributed by atoms with Gasteiger partial charge in [0.15, 0.2) is 0 Å². The monoisotopic (exact) mass is 425 g/mol. The third kappa shape index (κ3) is 7.69. The number of hydrogen-bond donors (Lipinski definition) is 1. The summed E-state index contributed by atoms with van der Waals surface area (Å²) in [5, 5.41) is 2.83. The van der Waals surface area contributed by atoms with E-state index in [-0.39, 0.29) is 5.91 Å². The number of amides is 3. The lowest BCUT2D eigenvalue weighted by molar-refractivity contribution is -0.139. The molecule has 0 bridgehead atoms. The number of carbonyl (C=O) groups excluding carboxylic acids is 3. The van der Waals surface area contributed by atoms with Crippen molar-refractivity contribution in [1.82, 2.24) is 15.1 Å². The minimum atomic E-state index is -0.582. The molecule has 2 aliphatic heterocycles. The number of nitrogens with zero attached hydrogens (tertiary/aromatic N) is 2. The Morgan fingerprint density at radius 1 is 0.867 bits per heavy atom. The van der Waals surface area contributed by atoms with Crippen molar-refractivity contribution in [2.45, 2.75) is 90.9 Å². The molecule has 0 aromatic rings. The number of ether oxygens (including phenoxy) is 2. The molecule has 0 spiro atoms. The van der Waals surface area contributed by atoms with Gasteiger partial charge in [0.2, 0.25) is 5.91 Å². The van der Waals surface area contributed by atoms with Crippen LogP contribution in [-0.4, -0.2) is 71.3 Å². The van der Waals surface area contributed by atoms with E-state index in [1.165, 1.54) is 0 Å². The Morgan fingerprint density at radius 2 is 1.47 bits per heavy atom. The summed E-state index contributed by atoms with van der Waals surface area (Å²) in [6, 6.07) is -0.440. The predicted octanol–water partition coefficient (Wildman–Crippen LogP) is 3.54. The minimum absolute atomic E-state index is 0.0131. The number of nitrogens with one attached hydrogen (secondary N) is 1. The number of carbonyl (C=O) groups is 3. The first-order valence-corrected chi connectivity index (χ1v) is 11.1. The zero-order chi connectivity index (χ0) is 22.5. The second-order valence-electron chi connectivity index (χ2n) is 10.3. The summed E-state index contributed by atoms with van der Waals surface area (Å²) in [5.74, 6) is 0.328. The Kier molecular flexibility index (Phi) is 7.99. The van der Waals surface area contributed by atoms with Gasteiger partial charge in [-0.05, 0) is 79.6 Å². The molecule has 3 amide bonds. The molecular formula is C22H39N3O5.